The van der Waals surface area contributed by atoms with Gasteiger partial charge in [-0.15, -0.1) is 0 Å². The molecule has 12 aromatic rings. The molecule has 0 amide bonds. The second kappa shape index (κ2) is 10.6. The van der Waals surface area contributed by atoms with Crippen LogP contribution < -0.4 is 21.3 Å². The zero-order valence-corrected chi connectivity index (χ0v) is 30.4. The van der Waals surface area contributed by atoms with E-state index in [9.17, 15) is 0 Å². The van der Waals surface area contributed by atoms with E-state index in [1.165, 1.54) is 55.1 Å². The van der Waals surface area contributed by atoms with Crippen LogP contribution >= 0.6 is 0 Å². The largest absolute Gasteiger partial charge is 0.456 e. The summed E-state index contributed by atoms with van der Waals surface area (Å²) >= 11 is 0. The van der Waals surface area contributed by atoms with Crippen molar-refractivity contribution in [2.24, 2.45) is 0 Å². The van der Waals surface area contributed by atoms with Crippen molar-refractivity contribution in [3.05, 3.63) is 170 Å². The van der Waals surface area contributed by atoms with Gasteiger partial charge in [-0.1, -0.05) is 103 Å². The van der Waals surface area contributed by atoms with E-state index in [0.717, 1.165) is 77.2 Å². The smallest absolute Gasteiger partial charge is 0.248 e. The molecule has 9 aromatic carbocycles. The topological polar surface area (TPSA) is 42.7 Å². The summed E-state index contributed by atoms with van der Waals surface area (Å²) in [6, 6.07) is 61.3. The minimum absolute atomic E-state index is 0.0506. The maximum atomic E-state index is 6.64. The molecule has 5 heterocycles. The van der Waals surface area contributed by atoms with E-state index >= 15 is 0 Å². The van der Waals surface area contributed by atoms with Crippen LogP contribution in [0.25, 0.3) is 98.8 Å². The second-order valence-corrected chi connectivity index (χ2v) is 15.6. The lowest BCUT2D eigenvalue weighted by atomic mass is 9.37. The van der Waals surface area contributed by atoms with Crippen LogP contribution in [-0.2, 0) is 0 Å². The molecule has 0 fully saturated rings. The van der Waals surface area contributed by atoms with Gasteiger partial charge in [0.15, 0.2) is 0 Å². The molecule has 0 aliphatic carbocycles. The van der Waals surface area contributed by atoms with Crippen molar-refractivity contribution >= 4 is 117 Å². The van der Waals surface area contributed by atoms with Crippen LogP contribution in [0.15, 0.2) is 183 Å². The van der Waals surface area contributed by atoms with Crippen molar-refractivity contribution in [2.45, 2.75) is 0 Å². The summed E-state index contributed by atoms with van der Waals surface area (Å²) in [5.74, 6) is 0. The van der Waals surface area contributed by atoms with Crippen LogP contribution in [0.2, 0.25) is 0 Å². The van der Waals surface area contributed by atoms with Crippen molar-refractivity contribution in [1.82, 2.24) is 0 Å². The van der Waals surface area contributed by atoms with Gasteiger partial charge >= 0.3 is 0 Å². The van der Waals surface area contributed by atoms with E-state index in [2.05, 4.69) is 150 Å². The van der Waals surface area contributed by atoms with Gasteiger partial charge in [-0.3, -0.25) is 0 Å². The molecule has 57 heavy (non-hydrogen) atoms. The molecule has 14 rings (SSSR count). The average Bonchev–Trinajstić information content (AvgIpc) is 4.01. The highest BCUT2D eigenvalue weighted by Gasteiger charge is 2.44. The molecule has 2 aliphatic heterocycles. The summed E-state index contributed by atoms with van der Waals surface area (Å²) in [4.78, 5) is 2.47. The van der Waals surface area contributed by atoms with Crippen LogP contribution in [0.5, 0.6) is 0 Å². The van der Waals surface area contributed by atoms with Gasteiger partial charge < -0.3 is 18.2 Å². The predicted octanol–water partition coefficient (Wildman–Crippen LogP) is 12.5. The average molecular weight is 726 g/mol. The number of anilines is 3. The molecule has 0 radical (unpaired) electrons. The van der Waals surface area contributed by atoms with Gasteiger partial charge in [0, 0.05) is 49.4 Å². The first-order valence-corrected chi connectivity index (χ1v) is 19.5. The lowest BCUT2D eigenvalue weighted by molar-refractivity contribution is 0.668. The standard InChI is InChI=1S/C52H28BNO3/c1-2-10-30-23-31(18-17-29(30)9-1)33-20-21-43-52-51(33)40-25-38-35-12-4-7-15-46(35)56-49(38)27-41(40)53(52)42-28-50-39(36-13-5-8-16-47(36)57-50)26-44(42)54(43)32-19-22-48-37(24-32)34-11-3-6-14-45(34)55-48/h1-28H. The Kier molecular flexibility index (Phi) is 5.56. The number of rotatable bonds is 2. The first kappa shape index (κ1) is 29.8. The Labute approximate surface area is 325 Å². The van der Waals surface area contributed by atoms with Crippen molar-refractivity contribution in [3.63, 3.8) is 0 Å². The monoisotopic (exact) mass is 725 g/mol. The lowest BCUT2D eigenvalue weighted by Crippen LogP contribution is -2.54. The van der Waals surface area contributed by atoms with Gasteiger partial charge in [0.2, 0.25) is 6.71 Å². The molecule has 262 valence electrons. The molecule has 0 saturated carbocycles. The minimum Gasteiger partial charge on any atom is -0.456 e. The van der Waals surface area contributed by atoms with Crippen LogP contribution in [-0.4, -0.2) is 6.71 Å². The van der Waals surface area contributed by atoms with Crippen molar-refractivity contribution in [1.29, 1.82) is 0 Å². The fourth-order valence-corrected chi connectivity index (χ4v) is 10.2. The molecular weight excluding hydrogens is 697 g/mol. The highest BCUT2D eigenvalue weighted by Crippen LogP contribution is 2.48. The molecule has 0 bridgehead atoms. The Hall–Kier alpha value is -7.50. The van der Waals surface area contributed by atoms with Gasteiger partial charge in [0.25, 0.3) is 0 Å². The summed E-state index contributed by atoms with van der Waals surface area (Å²) in [6.45, 7) is -0.0506. The Balaban J connectivity index is 1.12. The number of benzene rings is 9. The normalized spacial score (nSPS) is 13.2. The van der Waals surface area contributed by atoms with Crippen LogP contribution in [0, 0.1) is 0 Å². The molecule has 0 spiro atoms. The third kappa shape index (κ3) is 3.92. The number of furan rings is 3. The Morgan fingerprint density at radius 3 is 1.70 bits per heavy atom. The summed E-state index contributed by atoms with van der Waals surface area (Å²) in [7, 11) is 0. The first-order chi connectivity index (χ1) is 28.2. The molecule has 5 heteroatoms. The fourth-order valence-electron chi connectivity index (χ4n) is 10.2. The van der Waals surface area contributed by atoms with Crippen molar-refractivity contribution in [2.75, 3.05) is 4.90 Å². The van der Waals surface area contributed by atoms with Crippen molar-refractivity contribution in [3.8, 4) is 22.3 Å². The second-order valence-electron chi connectivity index (χ2n) is 15.6. The molecule has 0 N–H and O–H groups in total. The SMILES string of the molecule is c1ccc2cc(-c3ccc4c5c3-c3cc6c(cc3B5c3cc5oc7ccccc7c5cc3N4c3ccc4oc5ccccc5c4c3)oc3ccccc36)ccc2c1. The number of para-hydroxylation sites is 3. The zero-order valence-electron chi connectivity index (χ0n) is 30.4. The molecule has 3 aromatic heterocycles. The molecule has 2 aliphatic rings. The highest BCUT2D eigenvalue weighted by molar-refractivity contribution is 7.01. The molecule has 4 nitrogen and oxygen atoms in total. The third-order valence-electron chi connectivity index (χ3n) is 12.6. The van der Waals surface area contributed by atoms with Gasteiger partial charge in [0.05, 0.1) is 0 Å². The van der Waals surface area contributed by atoms with Gasteiger partial charge in [-0.2, -0.15) is 0 Å². The van der Waals surface area contributed by atoms with E-state index in [1.54, 1.807) is 0 Å². The third-order valence-corrected chi connectivity index (χ3v) is 12.6. The number of hydrogen-bond donors (Lipinski definition) is 0. The van der Waals surface area contributed by atoms with Gasteiger partial charge in [0.1, 0.15) is 33.5 Å². The van der Waals surface area contributed by atoms with Crippen LogP contribution in [0.4, 0.5) is 17.1 Å². The Morgan fingerprint density at radius 1 is 0.368 bits per heavy atom. The zero-order chi connectivity index (χ0) is 36.9. The fraction of sp³-hybridized carbons (Fsp3) is 0. The van der Waals surface area contributed by atoms with Crippen LogP contribution in [0.1, 0.15) is 0 Å². The van der Waals surface area contributed by atoms with E-state index in [0.29, 0.717) is 0 Å². The lowest BCUT2D eigenvalue weighted by Gasteiger charge is -2.36. The molecule has 0 saturated heterocycles. The predicted molar refractivity (Wildman–Crippen MR) is 236 cm³/mol. The van der Waals surface area contributed by atoms with E-state index in [1.807, 2.05) is 24.3 Å². The Morgan fingerprint density at radius 2 is 0.965 bits per heavy atom. The van der Waals surface area contributed by atoms with Gasteiger partial charge in [-0.25, -0.2) is 0 Å². The van der Waals surface area contributed by atoms with E-state index in [4.69, 9.17) is 13.3 Å². The number of nitrogens with zero attached hydrogens (tertiary/aromatic N) is 1. The van der Waals surface area contributed by atoms with E-state index in [-0.39, 0.29) is 6.71 Å². The quantitative estimate of drug-likeness (QED) is 0.166. The summed E-state index contributed by atoms with van der Waals surface area (Å²) in [6.07, 6.45) is 0. The van der Waals surface area contributed by atoms with Crippen molar-refractivity contribution < 1.29 is 13.3 Å². The minimum atomic E-state index is -0.0506. The maximum Gasteiger partial charge on any atom is 0.248 e. The first-order valence-electron chi connectivity index (χ1n) is 19.5. The maximum absolute atomic E-state index is 6.64. The molecular formula is C52H28BNO3. The summed E-state index contributed by atoms with van der Waals surface area (Å²) in [5, 5.41) is 9.15. The van der Waals surface area contributed by atoms with Crippen LogP contribution in [0.3, 0.4) is 0 Å². The van der Waals surface area contributed by atoms with Gasteiger partial charge in [-0.05, 0) is 117 Å². The number of fused-ring (bicyclic) bond motifs is 15. The highest BCUT2D eigenvalue weighted by atomic mass is 16.3. The summed E-state index contributed by atoms with van der Waals surface area (Å²) in [5.41, 5.74) is 17.4. The number of hydrogen-bond acceptors (Lipinski definition) is 4. The summed E-state index contributed by atoms with van der Waals surface area (Å²) < 4.78 is 19.6. The Bertz CT molecular complexity index is 3740. The molecule has 0 unspecified atom stereocenters. The molecule has 0 atom stereocenters. The van der Waals surface area contributed by atoms with E-state index < -0.39 is 0 Å².